The summed E-state index contributed by atoms with van der Waals surface area (Å²) in [7, 11) is 0. The number of carboxylic acids is 1. The van der Waals surface area contributed by atoms with Gasteiger partial charge in [-0.25, -0.2) is 4.79 Å². The molecule has 104 valence electrons. The number of aromatic carboxylic acids is 1. The van der Waals surface area contributed by atoms with Gasteiger partial charge < -0.3 is 9.67 Å². The Labute approximate surface area is 118 Å². The largest absolute Gasteiger partial charge is 0.478 e. The quantitative estimate of drug-likeness (QED) is 0.905. The average molecular weight is 269 g/mol. The monoisotopic (exact) mass is 269 g/mol. The molecule has 1 heterocycles. The molecule has 0 bridgehead atoms. The number of fused-ring (bicyclic) bond motifs is 1. The number of benzene rings is 1. The number of hydrogen-bond donors (Lipinski definition) is 1. The third-order valence-electron chi connectivity index (χ3n) is 4.49. The van der Waals surface area contributed by atoms with E-state index < -0.39 is 5.97 Å². The number of carbonyl (C=O) groups is 1. The minimum absolute atomic E-state index is 0.512. The summed E-state index contributed by atoms with van der Waals surface area (Å²) in [6, 6.07) is 6.22. The van der Waals surface area contributed by atoms with E-state index >= 15 is 0 Å². The molecule has 0 amide bonds. The van der Waals surface area contributed by atoms with E-state index in [1.807, 2.05) is 13.0 Å². The molecular formula is C17H19NO2. The maximum Gasteiger partial charge on any atom is 0.337 e. The van der Waals surface area contributed by atoms with Crippen LogP contribution in [-0.4, -0.2) is 15.6 Å². The molecule has 1 aromatic carbocycles. The van der Waals surface area contributed by atoms with Crippen molar-refractivity contribution in [3.63, 3.8) is 0 Å². The second-order valence-electron chi connectivity index (χ2n) is 5.60. The van der Waals surface area contributed by atoms with Crippen molar-refractivity contribution in [1.82, 2.24) is 4.57 Å². The lowest BCUT2D eigenvalue weighted by Crippen LogP contribution is -2.06. The SMILES string of the molecule is Cc1cccc(-n2c(C)c(C(=O)O)c3c2CCC3)c1C. The summed E-state index contributed by atoms with van der Waals surface area (Å²) >= 11 is 0. The maximum atomic E-state index is 11.6. The third-order valence-corrected chi connectivity index (χ3v) is 4.49. The predicted molar refractivity (Wildman–Crippen MR) is 79.0 cm³/mol. The summed E-state index contributed by atoms with van der Waals surface area (Å²) in [6.45, 7) is 6.12. The molecule has 3 heteroatoms. The molecule has 0 fully saturated rings. The highest BCUT2D eigenvalue weighted by Gasteiger charge is 2.28. The fourth-order valence-corrected chi connectivity index (χ4v) is 3.36. The van der Waals surface area contributed by atoms with E-state index in [9.17, 15) is 9.90 Å². The van der Waals surface area contributed by atoms with Crippen molar-refractivity contribution in [2.75, 3.05) is 0 Å². The molecule has 0 radical (unpaired) electrons. The van der Waals surface area contributed by atoms with Crippen LogP contribution in [0.3, 0.4) is 0 Å². The summed E-state index contributed by atoms with van der Waals surface area (Å²) < 4.78 is 2.16. The zero-order valence-electron chi connectivity index (χ0n) is 12.2. The Balaban J connectivity index is 2.33. The van der Waals surface area contributed by atoms with E-state index in [4.69, 9.17) is 0 Å². The van der Waals surface area contributed by atoms with Crippen molar-refractivity contribution in [1.29, 1.82) is 0 Å². The summed E-state index contributed by atoms with van der Waals surface area (Å²) in [4.78, 5) is 11.6. The molecule has 3 nitrogen and oxygen atoms in total. The number of nitrogens with zero attached hydrogens (tertiary/aromatic N) is 1. The van der Waals surface area contributed by atoms with Crippen LogP contribution in [0.5, 0.6) is 0 Å². The molecule has 0 aliphatic heterocycles. The lowest BCUT2D eigenvalue weighted by Gasteiger charge is -2.15. The fraction of sp³-hybridized carbons (Fsp3) is 0.353. The van der Waals surface area contributed by atoms with Gasteiger partial charge in [-0.3, -0.25) is 0 Å². The van der Waals surface area contributed by atoms with E-state index in [1.165, 1.54) is 16.8 Å². The molecule has 0 spiro atoms. The van der Waals surface area contributed by atoms with Crippen molar-refractivity contribution in [2.24, 2.45) is 0 Å². The Morgan fingerprint density at radius 2 is 1.95 bits per heavy atom. The van der Waals surface area contributed by atoms with Crippen LogP contribution in [0.25, 0.3) is 5.69 Å². The highest BCUT2D eigenvalue weighted by atomic mass is 16.4. The first-order chi connectivity index (χ1) is 9.52. The van der Waals surface area contributed by atoms with Gasteiger partial charge in [-0.05, 0) is 62.8 Å². The van der Waals surface area contributed by atoms with E-state index in [-0.39, 0.29) is 0 Å². The number of carboxylic acid groups (broad SMARTS) is 1. The molecule has 2 aromatic rings. The van der Waals surface area contributed by atoms with Gasteiger partial charge in [0.05, 0.1) is 5.56 Å². The topological polar surface area (TPSA) is 42.2 Å². The van der Waals surface area contributed by atoms with E-state index in [1.54, 1.807) is 0 Å². The normalized spacial score (nSPS) is 13.6. The first-order valence-corrected chi connectivity index (χ1v) is 7.05. The first kappa shape index (κ1) is 13.0. The summed E-state index contributed by atoms with van der Waals surface area (Å²) in [5, 5.41) is 9.50. The lowest BCUT2D eigenvalue weighted by molar-refractivity contribution is 0.0695. The Hall–Kier alpha value is -2.03. The number of rotatable bonds is 2. The average Bonchev–Trinajstić information content (AvgIpc) is 2.92. The van der Waals surface area contributed by atoms with E-state index in [0.717, 1.165) is 36.2 Å². The summed E-state index contributed by atoms with van der Waals surface area (Å²) in [6.07, 6.45) is 2.91. The molecule has 0 atom stereocenters. The second-order valence-corrected chi connectivity index (χ2v) is 5.60. The Kier molecular flexibility index (Phi) is 2.93. The van der Waals surface area contributed by atoms with Gasteiger partial charge in [0.1, 0.15) is 0 Å². The van der Waals surface area contributed by atoms with Gasteiger partial charge in [-0.1, -0.05) is 12.1 Å². The fourth-order valence-electron chi connectivity index (χ4n) is 3.36. The Morgan fingerprint density at radius 3 is 2.65 bits per heavy atom. The third kappa shape index (κ3) is 1.69. The van der Waals surface area contributed by atoms with Crippen LogP contribution in [-0.2, 0) is 12.8 Å². The van der Waals surface area contributed by atoms with Crippen LogP contribution in [0.1, 0.15) is 44.9 Å². The molecule has 1 N–H and O–H groups in total. The van der Waals surface area contributed by atoms with Gasteiger partial charge >= 0.3 is 5.97 Å². The highest BCUT2D eigenvalue weighted by molar-refractivity contribution is 5.92. The van der Waals surface area contributed by atoms with Gasteiger partial charge in [-0.2, -0.15) is 0 Å². The van der Waals surface area contributed by atoms with Crippen molar-refractivity contribution >= 4 is 5.97 Å². The minimum atomic E-state index is -0.801. The van der Waals surface area contributed by atoms with Gasteiger partial charge in [0, 0.05) is 17.1 Å². The van der Waals surface area contributed by atoms with Crippen molar-refractivity contribution in [3.05, 3.63) is 51.8 Å². The van der Waals surface area contributed by atoms with Gasteiger partial charge in [0.25, 0.3) is 0 Å². The number of aromatic nitrogens is 1. The molecule has 0 unspecified atom stereocenters. The van der Waals surface area contributed by atoms with Crippen LogP contribution in [0.4, 0.5) is 0 Å². The molecule has 20 heavy (non-hydrogen) atoms. The van der Waals surface area contributed by atoms with Crippen molar-refractivity contribution in [3.8, 4) is 5.69 Å². The molecule has 0 saturated carbocycles. The predicted octanol–water partition coefficient (Wildman–Crippen LogP) is 3.59. The molecular weight excluding hydrogens is 250 g/mol. The summed E-state index contributed by atoms with van der Waals surface area (Å²) in [5.41, 5.74) is 7.17. The molecule has 3 rings (SSSR count). The van der Waals surface area contributed by atoms with Crippen LogP contribution in [0.2, 0.25) is 0 Å². The Morgan fingerprint density at radius 1 is 1.20 bits per heavy atom. The Bertz CT molecular complexity index is 710. The van der Waals surface area contributed by atoms with Crippen molar-refractivity contribution < 1.29 is 9.90 Å². The second kappa shape index (κ2) is 4.51. The number of aryl methyl sites for hydroxylation is 1. The number of hydrogen-bond acceptors (Lipinski definition) is 1. The smallest absolute Gasteiger partial charge is 0.337 e. The highest BCUT2D eigenvalue weighted by Crippen LogP contribution is 2.34. The van der Waals surface area contributed by atoms with E-state index in [2.05, 4.69) is 30.5 Å². The van der Waals surface area contributed by atoms with Gasteiger partial charge in [0.15, 0.2) is 0 Å². The first-order valence-electron chi connectivity index (χ1n) is 7.05. The van der Waals surface area contributed by atoms with Crippen LogP contribution >= 0.6 is 0 Å². The molecule has 0 saturated heterocycles. The zero-order valence-corrected chi connectivity index (χ0v) is 12.2. The maximum absolute atomic E-state index is 11.6. The van der Waals surface area contributed by atoms with Crippen molar-refractivity contribution in [2.45, 2.75) is 40.0 Å². The van der Waals surface area contributed by atoms with E-state index in [0.29, 0.717) is 5.56 Å². The standard InChI is InChI=1S/C17H19NO2/c1-10-6-4-8-14(11(10)2)18-12(3)16(17(19)20)13-7-5-9-15(13)18/h4,6,8H,5,7,9H2,1-3H3,(H,19,20). The van der Waals surface area contributed by atoms with Crippen LogP contribution < -0.4 is 0 Å². The van der Waals surface area contributed by atoms with Crippen LogP contribution in [0.15, 0.2) is 18.2 Å². The zero-order chi connectivity index (χ0) is 14.4. The van der Waals surface area contributed by atoms with Gasteiger partial charge in [-0.15, -0.1) is 0 Å². The molecule has 1 aliphatic carbocycles. The molecule has 1 aromatic heterocycles. The van der Waals surface area contributed by atoms with Gasteiger partial charge in [0.2, 0.25) is 0 Å². The summed E-state index contributed by atoms with van der Waals surface area (Å²) in [5.74, 6) is -0.801. The van der Waals surface area contributed by atoms with Crippen LogP contribution in [0, 0.1) is 20.8 Å². The molecule has 1 aliphatic rings. The lowest BCUT2D eigenvalue weighted by atomic mass is 10.1. The minimum Gasteiger partial charge on any atom is -0.478 e.